The van der Waals surface area contributed by atoms with Crippen molar-refractivity contribution in [3.63, 3.8) is 0 Å². The molecule has 1 fully saturated rings. The van der Waals surface area contributed by atoms with Gasteiger partial charge < -0.3 is 15.6 Å². The molecule has 1 amide bonds. The van der Waals surface area contributed by atoms with Crippen LogP contribution in [0.5, 0.6) is 0 Å². The first-order valence-electron chi connectivity index (χ1n) is 10.1. The Balaban J connectivity index is 1.45. The molecule has 2 aliphatic rings. The van der Waals surface area contributed by atoms with E-state index in [2.05, 4.69) is 16.9 Å². The van der Waals surface area contributed by atoms with Gasteiger partial charge in [0.1, 0.15) is 10.7 Å². The summed E-state index contributed by atoms with van der Waals surface area (Å²) in [7, 11) is 0. The molecule has 1 aliphatic heterocycles. The van der Waals surface area contributed by atoms with E-state index >= 15 is 0 Å². The molecule has 146 valence electrons. The Morgan fingerprint density at radius 2 is 2.11 bits per heavy atom. The number of nitrogens with one attached hydrogen (secondary N) is 1. The minimum absolute atomic E-state index is 0.0433. The third-order valence-electron chi connectivity index (χ3n) is 6.09. The first kappa shape index (κ1) is 18.6. The van der Waals surface area contributed by atoms with Crippen LogP contribution in [0, 0.1) is 11.8 Å². The smallest absolute Gasteiger partial charge is 0.259 e. The van der Waals surface area contributed by atoms with Gasteiger partial charge in [-0.2, -0.15) is 0 Å². The van der Waals surface area contributed by atoms with Gasteiger partial charge in [-0.15, -0.1) is 11.3 Å². The molecule has 1 unspecified atom stereocenters. The van der Waals surface area contributed by atoms with Gasteiger partial charge in [-0.05, 0) is 56.0 Å². The first-order chi connectivity index (χ1) is 13.0. The predicted molar refractivity (Wildman–Crippen MR) is 108 cm³/mol. The molecule has 0 bridgehead atoms. The van der Waals surface area contributed by atoms with Gasteiger partial charge >= 0.3 is 0 Å². The van der Waals surface area contributed by atoms with Crippen molar-refractivity contribution in [1.82, 2.24) is 14.9 Å². The Morgan fingerprint density at radius 1 is 1.33 bits per heavy atom. The van der Waals surface area contributed by atoms with Crippen LogP contribution in [0.4, 0.5) is 0 Å². The number of aromatic amines is 1. The fourth-order valence-corrected chi connectivity index (χ4v) is 5.72. The highest BCUT2D eigenvalue weighted by molar-refractivity contribution is 7.18. The van der Waals surface area contributed by atoms with E-state index in [-0.39, 0.29) is 11.5 Å². The molecular weight excluding hydrogens is 360 g/mol. The molecule has 0 saturated carbocycles. The number of likely N-dealkylation sites (tertiary alicyclic amines) is 1. The first-order valence-corrected chi connectivity index (χ1v) is 10.9. The molecule has 1 aliphatic carbocycles. The van der Waals surface area contributed by atoms with Crippen LogP contribution in [-0.2, 0) is 24.1 Å². The summed E-state index contributed by atoms with van der Waals surface area (Å²) < 4.78 is 0. The van der Waals surface area contributed by atoms with Crippen LogP contribution >= 0.6 is 11.3 Å². The Bertz CT molecular complexity index is 895. The van der Waals surface area contributed by atoms with Crippen molar-refractivity contribution in [1.29, 1.82) is 0 Å². The summed E-state index contributed by atoms with van der Waals surface area (Å²) >= 11 is 1.66. The summed E-state index contributed by atoms with van der Waals surface area (Å²) in [5.74, 6) is 1.99. The number of hydrogen-bond acceptors (Lipinski definition) is 5. The third kappa shape index (κ3) is 3.80. The molecule has 4 rings (SSSR count). The van der Waals surface area contributed by atoms with Crippen LogP contribution in [0.3, 0.4) is 0 Å². The highest BCUT2D eigenvalue weighted by Gasteiger charge is 2.24. The average Bonchev–Trinajstić information content (AvgIpc) is 3.03. The molecule has 0 spiro atoms. The lowest BCUT2D eigenvalue weighted by molar-refractivity contribution is -0.132. The second-order valence-corrected chi connectivity index (χ2v) is 9.19. The number of nitrogens with zero attached hydrogens (tertiary/aromatic N) is 2. The number of hydrogen-bond donors (Lipinski definition) is 2. The van der Waals surface area contributed by atoms with Gasteiger partial charge in [0.2, 0.25) is 5.91 Å². The number of carbonyl (C=O) groups excluding carboxylic acids is 1. The second-order valence-electron chi connectivity index (χ2n) is 8.10. The van der Waals surface area contributed by atoms with E-state index in [0.717, 1.165) is 55.4 Å². The minimum atomic E-state index is -0.0433. The minimum Gasteiger partial charge on any atom is -0.343 e. The van der Waals surface area contributed by atoms with Crippen LogP contribution in [0.25, 0.3) is 10.2 Å². The number of aromatic nitrogens is 2. The van der Waals surface area contributed by atoms with Gasteiger partial charge in [0.05, 0.1) is 5.39 Å². The lowest BCUT2D eigenvalue weighted by atomic mass is 9.89. The summed E-state index contributed by atoms with van der Waals surface area (Å²) in [6.45, 7) is 4.55. The van der Waals surface area contributed by atoms with E-state index in [1.54, 1.807) is 11.3 Å². The van der Waals surface area contributed by atoms with Crippen molar-refractivity contribution < 1.29 is 4.79 Å². The van der Waals surface area contributed by atoms with E-state index in [9.17, 15) is 9.59 Å². The van der Waals surface area contributed by atoms with Crippen LogP contribution in [-0.4, -0.2) is 40.4 Å². The molecule has 27 heavy (non-hydrogen) atoms. The quantitative estimate of drug-likeness (QED) is 0.840. The highest BCUT2D eigenvalue weighted by Crippen LogP contribution is 2.35. The van der Waals surface area contributed by atoms with Gasteiger partial charge in [-0.1, -0.05) is 6.92 Å². The Labute approximate surface area is 163 Å². The van der Waals surface area contributed by atoms with Crippen molar-refractivity contribution in [2.45, 2.75) is 51.9 Å². The number of rotatable bonds is 4. The summed E-state index contributed by atoms with van der Waals surface area (Å²) in [5, 5.41) is 0.779. The van der Waals surface area contributed by atoms with Gasteiger partial charge in [0.25, 0.3) is 5.56 Å². The molecule has 3 heterocycles. The Kier molecular flexibility index (Phi) is 5.32. The standard InChI is InChI=1S/C20H28N4O2S/c1-12-2-3-14-15(10-12)27-20-18(14)19(26)22-16(23-20)4-5-17(25)24-8-6-13(11-21)7-9-24/h12-13H,2-11,21H2,1H3,(H,22,23,26). The van der Waals surface area contributed by atoms with Crippen LogP contribution in [0.15, 0.2) is 4.79 Å². The van der Waals surface area contributed by atoms with Crippen molar-refractivity contribution in [3.05, 3.63) is 26.6 Å². The third-order valence-corrected chi connectivity index (χ3v) is 7.24. The number of piperidine rings is 1. The maximum atomic E-state index is 12.6. The van der Waals surface area contributed by atoms with Crippen LogP contribution in [0.2, 0.25) is 0 Å². The molecule has 7 heteroatoms. The van der Waals surface area contributed by atoms with E-state index < -0.39 is 0 Å². The van der Waals surface area contributed by atoms with E-state index in [1.807, 2.05) is 4.90 Å². The number of amides is 1. The van der Waals surface area contributed by atoms with Gasteiger partial charge in [-0.25, -0.2) is 4.98 Å². The zero-order valence-electron chi connectivity index (χ0n) is 15.9. The summed E-state index contributed by atoms with van der Waals surface area (Å²) in [6, 6.07) is 0. The maximum Gasteiger partial charge on any atom is 0.259 e. The largest absolute Gasteiger partial charge is 0.343 e. The highest BCUT2D eigenvalue weighted by atomic mass is 32.1. The molecule has 3 N–H and O–H groups in total. The number of H-pyrrole nitrogens is 1. The van der Waals surface area contributed by atoms with Crippen molar-refractivity contribution in [2.75, 3.05) is 19.6 Å². The molecule has 6 nitrogen and oxygen atoms in total. The van der Waals surface area contributed by atoms with Crippen LogP contribution in [0.1, 0.15) is 48.9 Å². The van der Waals surface area contributed by atoms with Gasteiger partial charge in [-0.3, -0.25) is 9.59 Å². The van der Waals surface area contributed by atoms with E-state index in [1.165, 1.54) is 10.4 Å². The summed E-state index contributed by atoms with van der Waals surface area (Å²) in [5.41, 5.74) is 6.88. The SMILES string of the molecule is CC1CCc2c(sc3nc(CCC(=O)N4CCC(CN)CC4)[nH]c(=O)c23)C1. The average molecular weight is 389 g/mol. The summed E-state index contributed by atoms with van der Waals surface area (Å²) in [4.78, 5) is 36.8. The normalized spacial score (nSPS) is 20.8. The van der Waals surface area contributed by atoms with E-state index in [0.29, 0.717) is 37.0 Å². The Hall–Kier alpha value is -1.73. The monoisotopic (exact) mass is 388 g/mol. The molecule has 0 aromatic carbocycles. The van der Waals surface area contributed by atoms with Gasteiger partial charge in [0, 0.05) is 30.8 Å². The fourth-order valence-electron chi connectivity index (χ4n) is 4.31. The van der Waals surface area contributed by atoms with Crippen molar-refractivity contribution >= 4 is 27.5 Å². The second kappa shape index (κ2) is 7.72. The predicted octanol–water partition coefficient (Wildman–Crippen LogP) is 2.24. The van der Waals surface area contributed by atoms with Crippen molar-refractivity contribution in [2.24, 2.45) is 17.6 Å². The number of carbonyl (C=O) groups is 1. The molecule has 1 saturated heterocycles. The lowest BCUT2D eigenvalue weighted by Crippen LogP contribution is -2.40. The topological polar surface area (TPSA) is 92.1 Å². The maximum absolute atomic E-state index is 12.6. The van der Waals surface area contributed by atoms with Gasteiger partial charge in [0.15, 0.2) is 0 Å². The number of nitrogens with two attached hydrogens (primary N) is 1. The van der Waals surface area contributed by atoms with Crippen molar-refractivity contribution in [3.8, 4) is 0 Å². The van der Waals surface area contributed by atoms with Crippen LogP contribution < -0.4 is 11.3 Å². The molecule has 2 aromatic heterocycles. The zero-order chi connectivity index (χ0) is 19.0. The molecule has 1 atom stereocenters. The van der Waals surface area contributed by atoms with E-state index in [4.69, 9.17) is 5.73 Å². The lowest BCUT2D eigenvalue weighted by Gasteiger charge is -2.31. The molecular formula is C20H28N4O2S. The zero-order valence-corrected chi connectivity index (χ0v) is 16.7. The number of aryl methyl sites for hydroxylation is 2. The molecule has 2 aromatic rings. The molecule has 0 radical (unpaired) electrons. The number of fused-ring (bicyclic) bond motifs is 3. The summed E-state index contributed by atoms with van der Waals surface area (Å²) in [6.07, 6.45) is 6.00. The number of thiophene rings is 1. The fraction of sp³-hybridized carbons (Fsp3) is 0.650. The Morgan fingerprint density at radius 3 is 2.85 bits per heavy atom.